The first-order chi connectivity index (χ1) is 9.70. The van der Waals surface area contributed by atoms with Crippen molar-refractivity contribution in [1.29, 1.82) is 0 Å². The highest BCUT2D eigenvalue weighted by molar-refractivity contribution is 9.10. The van der Waals surface area contributed by atoms with Gasteiger partial charge in [-0.05, 0) is 25.5 Å². The SMILES string of the molecule is CC1OCCC1NC(=O)c1cc(Br)cc(S(N)(=O)=O)c1F. The van der Waals surface area contributed by atoms with E-state index in [0.29, 0.717) is 13.0 Å². The zero-order valence-electron chi connectivity index (χ0n) is 11.1. The third kappa shape index (κ3) is 3.60. The number of carbonyl (C=O) groups is 1. The Morgan fingerprint density at radius 1 is 1.52 bits per heavy atom. The molecule has 9 heteroatoms. The van der Waals surface area contributed by atoms with Gasteiger partial charge in [0.25, 0.3) is 5.91 Å². The molecule has 2 rings (SSSR count). The van der Waals surface area contributed by atoms with Gasteiger partial charge in [-0.15, -0.1) is 0 Å². The molecular formula is C12H14BrFN2O4S. The Morgan fingerprint density at radius 3 is 2.71 bits per heavy atom. The maximum atomic E-state index is 14.2. The van der Waals surface area contributed by atoms with E-state index in [1.54, 1.807) is 6.92 Å². The lowest BCUT2D eigenvalue weighted by atomic mass is 10.1. The third-order valence-electron chi connectivity index (χ3n) is 3.25. The van der Waals surface area contributed by atoms with Crippen LogP contribution in [-0.2, 0) is 14.8 Å². The molecule has 1 heterocycles. The quantitative estimate of drug-likeness (QED) is 0.821. The summed E-state index contributed by atoms with van der Waals surface area (Å²) in [6.45, 7) is 2.31. The zero-order valence-corrected chi connectivity index (χ0v) is 13.5. The molecule has 116 valence electrons. The lowest BCUT2D eigenvalue weighted by Crippen LogP contribution is -2.39. The van der Waals surface area contributed by atoms with Crippen molar-refractivity contribution in [2.45, 2.75) is 30.4 Å². The van der Waals surface area contributed by atoms with Crippen molar-refractivity contribution in [1.82, 2.24) is 5.32 Å². The molecule has 2 unspecified atom stereocenters. The number of hydrogen-bond donors (Lipinski definition) is 2. The summed E-state index contributed by atoms with van der Waals surface area (Å²) >= 11 is 3.04. The summed E-state index contributed by atoms with van der Waals surface area (Å²) in [5, 5.41) is 7.57. The molecule has 0 radical (unpaired) electrons. The summed E-state index contributed by atoms with van der Waals surface area (Å²) in [4.78, 5) is 11.4. The molecule has 6 nitrogen and oxygen atoms in total. The molecule has 1 fully saturated rings. The predicted octanol–water partition coefficient (Wildman–Crippen LogP) is 1.14. The number of rotatable bonds is 3. The molecule has 1 aliphatic heterocycles. The molecule has 0 aliphatic carbocycles. The van der Waals surface area contributed by atoms with Crippen molar-refractivity contribution >= 4 is 31.9 Å². The molecule has 1 saturated heterocycles. The Kier molecular flexibility index (Phi) is 4.66. The second kappa shape index (κ2) is 5.99. The highest BCUT2D eigenvalue weighted by Gasteiger charge is 2.28. The number of ether oxygens (including phenoxy) is 1. The van der Waals surface area contributed by atoms with Crippen molar-refractivity contribution in [3.63, 3.8) is 0 Å². The minimum Gasteiger partial charge on any atom is -0.376 e. The number of halogens is 2. The van der Waals surface area contributed by atoms with Crippen LogP contribution >= 0.6 is 15.9 Å². The summed E-state index contributed by atoms with van der Waals surface area (Å²) < 4.78 is 42.4. The standard InChI is InChI=1S/C12H14BrFN2O4S/c1-6-9(2-3-20-6)16-12(17)8-4-7(13)5-10(11(8)14)21(15,18)19/h4-6,9H,2-3H2,1H3,(H,16,17)(H2,15,18,19). The number of nitrogens with two attached hydrogens (primary N) is 1. The Balaban J connectivity index is 2.35. The van der Waals surface area contributed by atoms with E-state index < -0.39 is 26.6 Å². The van der Waals surface area contributed by atoms with Gasteiger partial charge in [-0.3, -0.25) is 4.79 Å². The van der Waals surface area contributed by atoms with Crippen molar-refractivity contribution in [3.05, 3.63) is 28.0 Å². The van der Waals surface area contributed by atoms with Crippen LogP contribution in [0.3, 0.4) is 0 Å². The highest BCUT2D eigenvalue weighted by Crippen LogP contribution is 2.24. The van der Waals surface area contributed by atoms with Crippen LogP contribution in [0.4, 0.5) is 4.39 Å². The molecule has 21 heavy (non-hydrogen) atoms. The van der Waals surface area contributed by atoms with Crippen molar-refractivity contribution in [2.24, 2.45) is 5.14 Å². The summed E-state index contributed by atoms with van der Waals surface area (Å²) in [7, 11) is -4.26. The van der Waals surface area contributed by atoms with Gasteiger partial charge in [0, 0.05) is 11.1 Å². The summed E-state index contributed by atoms with van der Waals surface area (Å²) in [6, 6.07) is 1.98. The second-order valence-electron chi connectivity index (χ2n) is 4.76. The molecule has 1 aromatic carbocycles. The van der Waals surface area contributed by atoms with Crippen LogP contribution < -0.4 is 10.5 Å². The smallest absolute Gasteiger partial charge is 0.254 e. The number of hydrogen-bond acceptors (Lipinski definition) is 4. The average molecular weight is 381 g/mol. The predicted molar refractivity (Wildman–Crippen MR) is 76.8 cm³/mol. The summed E-state index contributed by atoms with van der Waals surface area (Å²) in [6.07, 6.45) is 0.437. The second-order valence-corrected chi connectivity index (χ2v) is 7.20. The number of benzene rings is 1. The van der Waals surface area contributed by atoms with Gasteiger partial charge in [-0.1, -0.05) is 15.9 Å². The van der Waals surface area contributed by atoms with Crippen molar-refractivity contribution in [2.75, 3.05) is 6.61 Å². The van der Waals surface area contributed by atoms with Gasteiger partial charge < -0.3 is 10.1 Å². The maximum Gasteiger partial charge on any atom is 0.254 e. The van der Waals surface area contributed by atoms with Crippen molar-refractivity contribution < 1.29 is 22.3 Å². The van der Waals surface area contributed by atoms with Gasteiger partial charge in [0.05, 0.1) is 17.7 Å². The monoisotopic (exact) mass is 380 g/mol. The molecule has 1 aliphatic rings. The fourth-order valence-electron chi connectivity index (χ4n) is 2.10. The molecule has 1 amide bonds. The first-order valence-corrected chi connectivity index (χ1v) is 8.48. The van der Waals surface area contributed by atoms with E-state index >= 15 is 0 Å². The fraction of sp³-hybridized carbons (Fsp3) is 0.417. The fourth-order valence-corrected chi connectivity index (χ4v) is 3.36. The van der Waals surface area contributed by atoms with E-state index in [4.69, 9.17) is 9.88 Å². The van der Waals surface area contributed by atoms with Gasteiger partial charge >= 0.3 is 0 Å². The molecule has 1 aromatic rings. The lowest BCUT2D eigenvalue weighted by molar-refractivity contribution is 0.0862. The van der Waals surface area contributed by atoms with Gasteiger partial charge in [0.1, 0.15) is 4.90 Å². The van der Waals surface area contributed by atoms with E-state index in [0.717, 1.165) is 6.07 Å². The first-order valence-electron chi connectivity index (χ1n) is 6.14. The number of amides is 1. The first kappa shape index (κ1) is 16.3. The molecule has 0 spiro atoms. The Hall–Kier alpha value is -1.03. The molecule has 3 N–H and O–H groups in total. The van der Waals surface area contributed by atoms with Gasteiger partial charge in [-0.2, -0.15) is 0 Å². The third-order valence-corrected chi connectivity index (χ3v) is 4.62. The lowest BCUT2D eigenvalue weighted by Gasteiger charge is -2.17. The minimum absolute atomic E-state index is 0.179. The number of carbonyl (C=O) groups excluding carboxylic acids is 1. The molecule has 2 atom stereocenters. The summed E-state index contributed by atoms with van der Waals surface area (Å²) in [5.74, 6) is -1.87. The van der Waals surface area contributed by atoms with E-state index in [1.165, 1.54) is 6.07 Å². The maximum absolute atomic E-state index is 14.2. The Labute approximate surface area is 130 Å². The topological polar surface area (TPSA) is 98.5 Å². The van der Waals surface area contributed by atoms with E-state index in [9.17, 15) is 17.6 Å². The zero-order chi connectivity index (χ0) is 15.8. The Bertz CT molecular complexity index is 680. The van der Waals surface area contributed by atoms with Crippen LogP contribution in [0, 0.1) is 5.82 Å². The van der Waals surface area contributed by atoms with Crippen LogP contribution in [0.1, 0.15) is 23.7 Å². The van der Waals surface area contributed by atoms with E-state index in [1.807, 2.05) is 0 Å². The van der Waals surface area contributed by atoms with Crippen LogP contribution in [-0.4, -0.2) is 33.1 Å². The van der Waals surface area contributed by atoms with E-state index in [-0.39, 0.29) is 22.2 Å². The normalized spacial score (nSPS) is 22.3. The number of nitrogens with one attached hydrogen (secondary N) is 1. The molecule has 0 saturated carbocycles. The molecule has 0 aromatic heterocycles. The molecule has 0 bridgehead atoms. The van der Waals surface area contributed by atoms with Crippen LogP contribution in [0.25, 0.3) is 0 Å². The van der Waals surface area contributed by atoms with Gasteiger partial charge in [0.15, 0.2) is 5.82 Å². The van der Waals surface area contributed by atoms with Gasteiger partial charge in [-0.25, -0.2) is 17.9 Å². The number of sulfonamides is 1. The van der Waals surface area contributed by atoms with Crippen LogP contribution in [0.2, 0.25) is 0 Å². The number of primary sulfonamides is 1. The van der Waals surface area contributed by atoms with Crippen molar-refractivity contribution in [3.8, 4) is 0 Å². The molecular weight excluding hydrogens is 367 g/mol. The average Bonchev–Trinajstić information content (AvgIpc) is 2.76. The van der Waals surface area contributed by atoms with Crippen LogP contribution in [0.5, 0.6) is 0 Å². The summed E-state index contributed by atoms with van der Waals surface area (Å²) in [5.41, 5.74) is -0.382. The Morgan fingerprint density at radius 2 is 2.19 bits per heavy atom. The van der Waals surface area contributed by atoms with Crippen LogP contribution in [0.15, 0.2) is 21.5 Å². The van der Waals surface area contributed by atoms with E-state index in [2.05, 4.69) is 21.2 Å². The minimum atomic E-state index is -4.26. The highest BCUT2D eigenvalue weighted by atomic mass is 79.9. The van der Waals surface area contributed by atoms with Gasteiger partial charge in [0.2, 0.25) is 10.0 Å². The largest absolute Gasteiger partial charge is 0.376 e.